The van der Waals surface area contributed by atoms with Gasteiger partial charge in [0.2, 0.25) is 0 Å². The van der Waals surface area contributed by atoms with Gasteiger partial charge in [0.1, 0.15) is 0 Å². The van der Waals surface area contributed by atoms with Crippen LogP contribution in [-0.4, -0.2) is 20.2 Å². The molecular formula is C11H12ClN5. The third-order valence-corrected chi connectivity index (χ3v) is 3.60. The van der Waals surface area contributed by atoms with Gasteiger partial charge in [-0.05, 0) is 41.8 Å². The number of nitrogens with zero attached hydrogens (tertiary/aromatic N) is 4. The molecule has 1 heterocycles. The molecule has 88 valence electrons. The highest BCUT2D eigenvalue weighted by atomic mass is 35.5. The van der Waals surface area contributed by atoms with E-state index in [0.29, 0.717) is 22.6 Å². The van der Waals surface area contributed by atoms with Gasteiger partial charge in [0.05, 0.1) is 16.8 Å². The molecule has 1 aromatic heterocycles. The minimum absolute atomic E-state index is 0.400. The molecule has 2 aromatic rings. The van der Waals surface area contributed by atoms with Gasteiger partial charge in [-0.2, -0.15) is 0 Å². The number of benzene rings is 1. The Balaban J connectivity index is 2.09. The third-order valence-electron chi connectivity index (χ3n) is 3.18. The second-order valence-corrected chi connectivity index (χ2v) is 4.62. The number of rotatable bonds is 2. The maximum atomic E-state index is 6.19. The van der Waals surface area contributed by atoms with Gasteiger partial charge in [-0.25, -0.2) is 4.68 Å². The zero-order chi connectivity index (χ0) is 11.8. The van der Waals surface area contributed by atoms with E-state index in [-0.39, 0.29) is 0 Å². The number of halogens is 1. The first-order chi connectivity index (χ1) is 8.27. The van der Waals surface area contributed by atoms with Crippen molar-refractivity contribution in [3.05, 3.63) is 23.2 Å². The van der Waals surface area contributed by atoms with Crippen LogP contribution in [0.5, 0.6) is 0 Å². The smallest absolute Gasteiger partial charge is 0.183 e. The Morgan fingerprint density at radius 1 is 1.35 bits per heavy atom. The first kappa shape index (κ1) is 10.5. The molecule has 0 unspecified atom stereocenters. The second-order valence-electron chi connectivity index (χ2n) is 4.24. The van der Waals surface area contributed by atoms with Crippen LogP contribution < -0.4 is 5.73 Å². The molecule has 0 atom stereocenters. The molecule has 17 heavy (non-hydrogen) atoms. The number of hydrogen-bond acceptors (Lipinski definition) is 4. The van der Waals surface area contributed by atoms with Gasteiger partial charge in [0.15, 0.2) is 5.82 Å². The summed E-state index contributed by atoms with van der Waals surface area (Å²) in [6.45, 7) is 0. The SMILES string of the molecule is Nc1cccc(-c2nnnn2C2CCC2)c1Cl. The van der Waals surface area contributed by atoms with Crippen LogP contribution in [0.25, 0.3) is 11.4 Å². The highest BCUT2D eigenvalue weighted by Gasteiger charge is 2.25. The average molecular weight is 250 g/mol. The number of nitrogens with two attached hydrogens (primary N) is 1. The molecule has 3 rings (SSSR count). The lowest BCUT2D eigenvalue weighted by molar-refractivity contribution is 0.287. The Kier molecular flexibility index (Phi) is 2.48. The van der Waals surface area contributed by atoms with E-state index in [2.05, 4.69) is 15.5 Å². The summed E-state index contributed by atoms with van der Waals surface area (Å²) in [6, 6.07) is 5.91. The molecular weight excluding hydrogens is 238 g/mol. The summed E-state index contributed by atoms with van der Waals surface area (Å²) in [5.74, 6) is 0.701. The minimum Gasteiger partial charge on any atom is -0.398 e. The molecule has 0 saturated heterocycles. The Morgan fingerprint density at radius 3 is 2.88 bits per heavy atom. The molecule has 5 nitrogen and oxygen atoms in total. The summed E-state index contributed by atoms with van der Waals surface area (Å²) < 4.78 is 1.85. The topological polar surface area (TPSA) is 69.6 Å². The largest absolute Gasteiger partial charge is 0.398 e. The van der Waals surface area contributed by atoms with E-state index in [0.717, 1.165) is 18.4 Å². The number of hydrogen-bond donors (Lipinski definition) is 1. The van der Waals surface area contributed by atoms with Crippen molar-refractivity contribution in [1.29, 1.82) is 0 Å². The predicted octanol–water partition coefficient (Wildman–Crippen LogP) is 2.30. The maximum Gasteiger partial charge on any atom is 0.183 e. The Morgan fingerprint density at radius 2 is 2.18 bits per heavy atom. The van der Waals surface area contributed by atoms with E-state index in [1.54, 1.807) is 6.07 Å². The summed E-state index contributed by atoms with van der Waals surface area (Å²) in [5.41, 5.74) is 7.13. The number of aromatic nitrogens is 4. The summed E-state index contributed by atoms with van der Waals surface area (Å²) >= 11 is 6.19. The lowest BCUT2D eigenvalue weighted by Gasteiger charge is -2.25. The number of nitrogen functional groups attached to an aromatic ring is 1. The quantitative estimate of drug-likeness (QED) is 0.829. The fourth-order valence-electron chi connectivity index (χ4n) is 1.97. The van der Waals surface area contributed by atoms with Crippen LogP contribution in [0.3, 0.4) is 0 Å². The summed E-state index contributed by atoms with van der Waals surface area (Å²) in [4.78, 5) is 0. The molecule has 0 spiro atoms. The van der Waals surface area contributed by atoms with Crippen molar-refractivity contribution in [3.63, 3.8) is 0 Å². The highest BCUT2D eigenvalue weighted by molar-refractivity contribution is 6.35. The molecule has 1 aliphatic rings. The molecule has 0 aliphatic heterocycles. The van der Waals surface area contributed by atoms with Crippen molar-refractivity contribution >= 4 is 17.3 Å². The minimum atomic E-state index is 0.400. The van der Waals surface area contributed by atoms with Crippen molar-refractivity contribution in [1.82, 2.24) is 20.2 Å². The molecule has 6 heteroatoms. The zero-order valence-corrected chi connectivity index (χ0v) is 9.93. The molecule has 1 saturated carbocycles. The standard InChI is InChI=1S/C11H12ClN5/c12-10-8(5-2-6-9(10)13)11-14-15-16-17(11)7-3-1-4-7/h2,5-7H,1,3-4,13H2. The zero-order valence-electron chi connectivity index (χ0n) is 9.17. The lowest BCUT2D eigenvalue weighted by atomic mass is 9.93. The van der Waals surface area contributed by atoms with Crippen molar-refractivity contribution < 1.29 is 0 Å². The number of anilines is 1. The molecule has 1 aliphatic carbocycles. The van der Waals surface area contributed by atoms with E-state index in [1.807, 2.05) is 16.8 Å². The first-order valence-electron chi connectivity index (χ1n) is 5.59. The second kappa shape index (κ2) is 4.00. The van der Waals surface area contributed by atoms with E-state index in [9.17, 15) is 0 Å². The van der Waals surface area contributed by atoms with Crippen LogP contribution in [0, 0.1) is 0 Å². The average Bonchev–Trinajstić information content (AvgIpc) is 2.68. The molecule has 2 N–H and O–H groups in total. The highest BCUT2D eigenvalue weighted by Crippen LogP contribution is 2.36. The van der Waals surface area contributed by atoms with Gasteiger partial charge < -0.3 is 5.73 Å². The normalized spacial score (nSPS) is 15.8. The monoisotopic (exact) mass is 249 g/mol. The van der Waals surface area contributed by atoms with Crippen LogP contribution in [0.4, 0.5) is 5.69 Å². The molecule has 1 aromatic carbocycles. The van der Waals surface area contributed by atoms with Gasteiger partial charge in [0, 0.05) is 5.56 Å². The van der Waals surface area contributed by atoms with Crippen molar-refractivity contribution in [2.45, 2.75) is 25.3 Å². The van der Waals surface area contributed by atoms with Gasteiger partial charge >= 0.3 is 0 Å². The van der Waals surface area contributed by atoms with Gasteiger partial charge in [0.25, 0.3) is 0 Å². The fraction of sp³-hybridized carbons (Fsp3) is 0.364. The Bertz CT molecular complexity index is 547. The summed E-state index contributed by atoms with van der Waals surface area (Å²) in [7, 11) is 0. The number of tetrazole rings is 1. The molecule has 0 bridgehead atoms. The van der Waals surface area contributed by atoms with Crippen molar-refractivity contribution in [3.8, 4) is 11.4 Å². The van der Waals surface area contributed by atoms with E-state index < -0.39 is 0 Å². The van der Waals surface area contributed by atoms with Crippen molar-refractivity contribution in [2.24, 2.45) is 0 Å². The van der Waals surface area contributed by atoms with Crippen molar-refractivity contribution in [2.75, 3.05) is 5.73 Å². The Hall–Kier alpha value is -1.62. The molecule has 0 amide bonds. The Labute approximate surface area is 104 Å². The van der Waals surface area contributed by atoms with Crippen LogP contribution in [-0.2, 0) is 0 Å². The van der Waals surface area contributed by atoms with E-state index in [1.165, 1.54) is 6.42 Å². The fourth-order valence-corrected chi connectivity index (χ4v) is 2.18. The van der Waals surface area contributed by atoms with E-state index in [4.69, 9.17) is 17.3 Å². The predicted molar refractivity (Wildman–Crippen MR) is 65.6 cm³/mol. The van der Waals surface area contributed by atoms with Crippen LogP contribution in [0.2, 0.25) is 5.02 Å². The first-order valence-corrected chi connectivity index (χ1v) is 5.97. The van der Waals surface area contributed by atoms with Gasteiger partial charge in [-0.15, -0.1) is 5.10 Å². The van der Waals surface area contributed by atoms with Crippen LogP contribution >= 0.6 is 11.6 Å². The summed E-state index contributed by atoms with van der Waals surface area (Å²) in [6.07, 6.45) is 3.48. The van der Waals surface area contributed by atoms with Crippen LogP contribution in [0.15, 0.2) is 18.2 Å². The van der Waals surface area contributed by atoms with Gasteiger partial charge in [-0.1, -0.05) is 17.7 Å². The molecule has 1 fully saturated rings. The lowest BCUT2D eigenvalue weighted by Crippen LogP contribution is -2.19. The maximum absolute atomic E-state index is 6.19. The van der Waals surface area contributed by atoms with E-state index >= 15 is 0 Å². The van der Waals surface area contributed by atoms with Gasteiger partial charge in [-0.3, -0.25) is 0 Å². The summed E-state index contributed by atoms with van der Waals surface area (Å²) in [5, 5.41) is 12.3. The van der Waals surface area contributed by atoms with Crippen LogP contribution in [0.1, 0.15) is 25.3 Å². The third kappa shape index (κ3) is 1.67. The molecule has 0 radical (unpaired) electrons.